The van der Waals surface area contributed by atoms with E-state index >= 15 is 0 Å². The van der Waals surface area contributed by atoms with Crippen LogP contribution in [0.15, 0.2) is 101 Å². The Balaban J connectivity index is -0.00000324. The number of anilines is 2. The number of phosphoric ester groups is 4. The maximum atomic E-state index is 13.7. The minimum absolute atomic E-state index is 0. The SMILES string of the molecule is O=C(Nc1cc(C([O-])=Nc2cc(C(=O)OP(=O)([O-])[O-])cc(C(=O)OP(=O)([O-])[O-])c2)cc(C([O-])=Nc2cc(C(=O)OP(=O)([O-])[O-])cc(C(=O)OP(=O)(O)O)c2)c1)c1ccc(N2C(=O)C=CC2=O)cc1.[Na+].[Na+].[Na+].[Na+].[Na+].[Na+].[Na+].[Na+]. The molecular weight excluding hydrogens is 1180 g/mol. The molecule has 41 heteroatoms. The van der Waals surface area contributed by atoms with E-state index in [1.165, 1.54) is 12.1 Å². The smallest absolute Gasteiger partial charge is 0.858 e. The van der Waals surface area contributed by atoms with E-state index in [4.69, 9.17) is 9.79 Å². The van der Waals surface area contributed by atoms with Gasteiger partial charge in [0.15, 0.2) is 0 Å². The fourth-order valence-corrected chi connectivity index (χ4v) is 6.62. The number of hydrogen-bond acceptors (Lipinski definition) is 25. The minimum Gasteiger partial charge on any atom is -0.858 e. The molecule has 5 rings (SSSR count). The molecular formula is C35H18N4Na8O25P4. The van der Waals surface area contributed by atoms with E-state index in [0.717, 1.165) is 41.3 Å². The normalized spacial score (nSPS) is 12.1. The molecule has 76 heavy (non-hydrogen) atoms. The number of imide groups is 1. The Labute approximate surface area is 603 Å². The zero-order chi connectivity index (χ0) is 50.7. The number of carbonyl (C=O) groups excluding carboxylic acids is 7. The van der Waals surface area contributed by atoms with Crippen molar-refractivity contribution in [2.45, 2.75) is 0 Å². The number of nitrogens with one attached hydrogen (secondary N) is 1. The molecule has 3 amide bonds. The van der Waals surface area contributed by atoms with Crippen LogP contribution in [-0.4, -0.2) is 63.2 Å². The predicted molar refractivity (Wildman–Crippen MR) is 204 cm³/mol. The molecule has 0 unspecified atom stereocenters. The van der Waals surface area contributed by atoms with Crippen LogP contribution in [0, 0.1) is 0 Å². The van der Waals surface area contributed by atoms with Crippen LogP contribution in [0.1, 0.15) is 62.9 Å². The fourth-order valence-electron chi connectivity index (χ4n) is 5.38. The average Bonchev–Trinajstić information content (AvgIpc) is 3.54. The van der Waals surface area contributed by atoms with Crippen LogP contribution in [0.4, 0.5) is 22.7 Å². The van der Waals surface area contributed by atoms with Crippen molar-refractivity contribution in [3.8, 4) is 0 Å². The topological polar surface area (TPSA) is 490 Å². The summed E-state index contributed by atoms with van der Waals surface area (Å²) in [5.41, 5.74) is -8.04. The van der Waals surface area contributed by atoms with Crippen molar-refractivity contribution in [2.24, 2.45) is 9.98 Å². The van der Waals surface area contributed by atoms with Gasteiger partial charge in [-0.3, -0.25) is 34.2 Å². The Morgan fingerprint density at radius 2 is 0.763 bits per heavy atom. The number of amides is 3. The number of carbonyl (C=O) groups is 7. The maximum absolute atomic E-state index is 13.7. The Morgan fingerprint density at radius 1 is 0.461 bits per heavy atom. The summed E-state index contributed by atoms with van der Waals surface area (Å²) in [4.78, 5) is 180. The molecule has 0 fully saturated rings. The molecule has 1 heterocycles. The predicted octanol–water partition coefficient (Wildman–Crippen LogP) is -27.5. The third kappa shape index (κ3) is 26.5. The van der Waals surface area contributed by atoms with E-state index in [1.54, 1.807) is 0 Å². The first-order valence-electron chi connectivity index (χ1n) is 17.4. The van der Waals surface area contributed by atoms with Crippen molar-refractivity contribution in [3.05, 3.63) is 130 Å². The summed E-state index contributed by atoms with van der Waals surface area (Å²) >= 11 is 0. The van der Waals surface area contributed by atoms with Gasteiger partial charge in [-0.15, -0.1) is 0 Å². The zero-order valence-electron chi connectivity index (χ0n) is 40.6. The van der Waals surface area contributed by atoms with Crippen LogP contribution < -0.4 is 286 Å². The molecule has 3 N–H and O–H groups in total. The average molecular weight is 1200 g/mol. The first-order valence-corrected chi connectivity index (χ1v) is 23.3. The van der Waals surface area contributed by atoms with Crippen LogP contribution in [-0.2, 0) is 45.9 Å². The zero-order valence-corrected chi connectivity index (χ0v) is 60.2. The summed E-state index contributed by atoms with van der Waals surface area (Å²) in [6.45, 7) is 0. The minimum atomic E-state index is -6.10. The molecule has 4 aromatic rings. The summed E-state index contributed by atoms with van der Waals surface area (Å²) in [7, 11) is -23.9. The second-order valence-electron chi connectivity index (χ2n) is 12.9. The van der Waals surface area contributed by atoms with Crippen molar-refractivity contribution in [1.82, 2.24) is 0 Å². The number of hydrogen-bond donors (Lipinski definition) is 3. The largest absolute Gasteiger partial charge is 1.00 e. The van der Waals surface area contributed by atoms with Gasteiger partial charge < -0.3 is 76.7 Å². The van der Waals surface area contributed by atoms with Crippen LogP contribution in [0.5, 0.6) is 0 Å². The molecule has 356 valence electrons. The summed E-state index contributed by atoms with van der Waals surface area (Å²) in [5, 5.41) is 29.7. The standard InChI is InChI=1S/C35H26N4O25P4.8Na/c40-27-5-6-28(41)39(27)26-3-1-16(2-4-26)29(42)36-23-10-17(30(43)37-24-12-19(32(45)61-65(49,50)51)8-20(13-24)33(46)62-66(52,53)54)7-18(11-23)31(44)38-25-14-21(34(47)63-67(55,56)57)9-22(15-25)35(48)64-68(58,59)60;;;;;;;;/h1-15H,(H,36,42)(H,37,43)(H,38,44)(H2,49,50,51)(H2,52,53,54)(H2,55,56,57)(H2,58,59,60);;;;;;;;/q;8*+1/p-8. The van der Waals surface area contributed by atoms with Crippen molar-refractivity contribution < 1.29 is 356 Å². The van der Waals surface area contributed by atoms with Gasteiger partial charge in [0.25, 0.3) is 17.7 Å². The third-order valence-electron chi connectivity index (χ3n) is 7.91. The van der Waals surface area contributed by atoms with E-state index < -0.39 is 135 Å². The van der Waals surface area contributed by atoms with E-state index in [2.05, 4.69) is 33.4 Å². The van der Waals surface area contributed by atoms with Crippen molar-refractivity contribution in [2.75, 3.05) is 10.2 Å². The Hall–Kier alpha value is 0.650. The molecule has 0 radical (unpaired) electrons. The van der Waals surface area contributed by atoms with Crippen LogP contribution in [0.25, 0.3) is 0 Å². The van der Waals surface area contributed by atoms with Crippen molar-refractivity contribution in [1.29, 1.82) is 0 Å². The van der Waals surface area contributed by atoms with Gasteiger partial charge >= 0.3 is 268 Å². The quantitative estimate of drug-likeness (QED) is 0.0327. The summed E-state index contributed by atoms with van der Waals surface area (Å²) in [6.07, 6.45) is 1.98. The number of phosphoric acid groups is 4. The molecule has 0 spiro atoms. The van der Waals surface area contributed by atoms with E-state index in [9.17, 15) is 91.4 Å². The Kier molecular flexibility index (Phi) is 38.3. The molecule has 4 aromatic carbocycles. The van der Waals surface area contributed by atoms with Gasteiger partial charge in [-0.05, 0) is 102 Å². The molecule has 0 aliphatic carbocycles. The Bertz CT molecular complexity index is 2870. The number of rotatable bonds is 15. The molecule has 0 saturated carbocycles. The van der Waals surface area contributed by atoms with Gasteiger partial charge in [0, 0.05) is 23.4 Å². The molecule has 1 aliphatic heterocycles. The van der Waals surface area contributed by atoms with Gasteiger partial charge in [-0.1, -0.05) is 0 Å². The second-order valence-corrected chi connectivity index (χ2v) is 17.3. The van der Waals surface area contributed by atoms with Crippen molar-refractivity contribution in [3.63, 3.8) is 0 Å². The first kappa shape index (κ1) is 83.1. The summed E-state index contributed by atoms with van der Waals surface area (Å²) in [6, 6.07) is 9.85. The van der Waals surface area contributed by atoms with Crippen molar-refractivity contribution >= 4 is 107 Å². The number of nitrogens with zero attached hydrogens (tertiary/aromatic N) is 3. The van der Waals surface area contributed by atoms with Gasteiger partial charge in [0.05, 0.1) is 39.3 Å². The first-order chi connectivity index (χ1) is 31.3. The maximum Gasteiger partial charge on any atom is 1.00 e. The van der Waals surface area contributed by atoms with Gasteiger partial charge in [-0.25, -0.2) is 28.6 Å². The second kappa shape index (κ2) is 35.1. The third-order valence-corrected chi connectivity index (χ3v) is 9.48. The van der Waals surface area contributed by atoms with Crippen LogP contribution in [0.2, 0.25) is 0 Å². The summed E-state index contributed by atoms with van der Waals surface area (Å²) < 4.78 is 59.7. The van der Waals surface area contributed by atoms with Crippen LogP contribution in [0.3, 0.4) is 0 Å². The fraction of sp³-hybridized carbons (Fsp3) is 0. The summed E-state index contributed by atoms with van der Waals surface area (Å²) in [5.74, 6) is -13.3. The van der Waals surface area contributed by atoms with Gasteiger partial charge in [0.2, 0.25) is 0 Å². The van der Waals surface area contributed by atoms with E-state index in [0.29, 0.717) is 42.5 Å². The van der Waals surface area contributed by atoms with Gasteiger partial charge in [-0.2, -0.15) is 0 Å². The molecule has 0 saturated heterocycles. The Morgan fingerprint density at radius 3 is 1.07 bits per heavy atom. The number of aliphatic imine (C=N–C) groups is 2. The van der Waals surface area contributed by atoms with Gasteiger partial charge in [0.1, 0.15) is 23.5 Å². The molecule has 0 atom stereocenters. The van der Waals surface area contributed by atoms with E-state index in [1.807, 2.05) is 0 Å². The molecule has 0 aromatic heterocycles. The molecule has 29 nitrogen and oxygen atoms in total. The van der Waals surface area contributed by atoms with Crippen LogP contribution >= 0.6 is 31.3 Å². The van der Waals surface area contributed by atoms with E-state index in [-0.39, 0.29) is 248 Å². The monoisotopic (exact) mass is 1200 g/mol. The molecule has 1 aliphatic rings. The molecule has 0 bridgehead atoms. The number of benzene rings is 4.